The highest BCUT2D eigenvalue weighted by atomic mass is 19.4. The fourth-order valence-electron chi connectivity index (χ4n) is 4.28. The second kappa shape index (κ2) is 7.26. The maximum Gasteiger partial charge on any atom is 0.417 e. The molecular weight excluding hydrogens is 355 g/mol. The number of hydrogen-bond acceptors (Lipinski definition) is 3. The number of nitrogens with zero attached hydrogens (tertiary/aromatic N) is 2. The van der Waals surface area contributed by atoms with Crippen LogP contribution in [0.15, 0.2) is 24.5 Å². The first-order valence-electron chi connectivity index (χ1n) is 9.40. The van der Waals surface area contributed by atoms with Crippen LogP contribution in [0.25, 0.3) is 5.57 Å². The van der Waals surface area contributed by atoms with Crippen molar-refractivity contribution < 1.29 is 18.0 Å². The summed E-state index contributed by atoms with van der Waals surface area (Å²) in [4.78, 5) is 18.8. The van der Waals surface area contributed by atoms with E-state index in [1.54, 1.807) is 0 Å². The van der Waals surface area contributed by atoms with Crippen molar-refractivity contribution in [1.82, 2.24) is 9.88 Å². The van der Waals surface area contributed by atoms with E-state index in [4.69, 9.17) is 5.73 Å². The monoisotopic (exact) mass is 381 g/mol. The summed E-state index contributed by atoms with van der Waals surface area (Å²) in [5.41, 5.74) is 6.19. The zero-order valence-electron chi connectivity index (χ0n) is 15.7. The van der Waals surface area contributed by atoms with Gasteiger partial charge in [0, 0.05) is 31.5 Å². The Labute approximate surface area is 157 Å². The van der Waals surface area contributed by atoms with Gasteiger partial charge in [0.25, 0.3) is 0 Å². The second-order valence-corrected chi connectivity index (χ2v) is 8.00. The van der Waals surface area contributed by atoms with Crippen LogP contribution in [0.4, 0.5) is 13.2 Å². The standard InChI is InChI=1S/C20H26F3N3O/c1-13(2)19(6-3-17(24)10-19)18(27)26-7-4-14(5-8-26)15-9-16(12-25-11-15)20(21,22)23/h4,9,11-13,17H,3,5-8,10,24H2,1-2H3/t17?,19-/m0/s1. The van der Waals surface area contributed by atoms with Crippen molar-refractivity contribution in [3.05, 3.63) is 35.7 Å². The van der Waals surface area contributed by atoms with E-state index < -0.39 is 17.2 Å². The maximum absolute atomic E-state index is 13.2. The molecule has 0 bridgehead atoms. The minimum atomic E-state index is -4.41. The number of aromatic nitrogens is 1. The van der Waals surface area contributed by atoms with Gasteiger partial charge in [-0.1, -0.05) is 19.9 Å². The van der Waals surface area contributed by atoms with Gasteiger partial charge in [0.05, 0.1) is 11.0 Å². The van der Waals surface area contributed by atoms with Gasteiger partial charge in [0.1, 0.15) is 0 Å². The van der Waals surface area contributed by atoms with Crippen LogP contribution in [-0.2, 0) is 11.0 Å². The lowest BCUT2D eigenvalue weighted by atomic mass is 9.74. The van der Waals surface area contributed by atoms with Crippen molar-refractivity contribution in [2.45, 2.75) is 51.7 Å². The molecule has 0 spiro atoms. The molecule has 1 aromatic heterocycles. The van der Waals surface area contributed by atoms with Gasteiger partial charge in [0.2, 0.25) is 5.91 Å². The molecule has 1 unspecified atom stereocenters. The Bertz CT molecular complexity index is 744. The minimum Gasteiger partial charge on any atom is -0.338 e. The average Bonchev–Trinajstić information content (AvgIpc) is 3.04. The molecule has 27 heavy (non-hydrogen) atoms. The first-order valence-corrected chi connectivity index (χ1v) is 9.40. The summed E-state index contributed by atoms with van der Waals surface area (Å²) in [6.07, 6.45) is 2.60. The number of alkyl halides is 3. The number of nitrogens with two attached hydrogens (primary N) is 1. The van der Waals surface area contributed by atoms with Crippen LogP contribution in [0.1, 0.15) is 50.7 Å². The average molecular weight is 381 g/mol. The van der Waals surface area contributed by atoms with E-state index in [0.29, 0.717) is 31.5 Å². The molecule has 3 rings (SSSR count). The lowest BCUT2D eigenvalue weighted by molar-refractivity contribution is -0.144. The van der Waals surface area contributed by atoms with Crippen molar-refractivity contribution in [2.24, 2.45) is 17.1 Å². The highest BCUT2D eigenvalue weighted by molar-refractivity contribution is 5.84. The molecule has 148 valence electrons. The molecule has 1 fully saturated rings. The van der Waals surface area contributed by atoms with Gasteiger partial charge in [0.15, 0.2) is 0 Å². The molecule has 0 saturated heterocycles. The molecule has 1 aliphatic heterocycles. The molecule has 0 radical (unpaired) electrons. The quantitative estimate of drug-likeness (QED) is 0.865. The Morgan fingerprint density at radius 1 is 1.37 bits per heavy atom. The molecule has 1 saturated carbocycles. The zero-order chi connectivity index (χ0) is 19.8. The molecule has 1 amide bonds. The third kappa shape index (κ3) is 3.88. The van der Waals surface area contributed by atoms with E-state index in [-0.39, 0.29) is 17.9 Å². The number of halogens is 3. The molecule has 1 aromatic rings. The summed E-state index contributed by atoms with van der Waals surface area (Å²) in [5.74, 6) is 0.333. The van der Waals surface area contributed by atoms with Crippen LogP contribution in [0, 0.1) is 11.3 Å². The fourth-order valence-corrected chi connectivity index (χ4v) is 4.28. The minimum absolute atomic E-state index is 0.0587. The molecule has 2 N–H and O–H groups in total. The smallest absolute Gasteiger partial charge is 0.338 e. The van der Waals surface area contributed by atoms with Crippen LogP contribution in [0.5, 0.6) is 0 Å². The van der Waals surface area contributed by atoms with Crippen molar-refractivity contribution in [3.63, 3.8) is 0 Å². The number of carbonyl (C=O) groups excluding carboxylic acids is 1. The summed E-state index contributed by atoms with van der Waals surface area (Å²) in [6.45, 7) is 5.05. The third-order valence-electron chi connectivity index (χ3n) is 6.05. The molecule has 2 heterocycles. The Kier molecular flexibility index (Phi) is 5.34. The molecule has 2 atom stereocenters. The normalized spacial score (nSPS) is 26.4. The van der Waals surface area contributed by atoms with E-state index in [1.165, 1.54) is 6.20 Å². The Balaban J connectivity index is 1.76. The first-order chi connectivity index (χ1) is 12.6. The van der Waals surface area contributed by atoms with Crippen LogP contribution >= 0.6 is 0 Å². The lowest BCUT2D eigenvalue weighted by Crippen LogP contribution is -2.47. The van der Waals surface area contributed by atoms with Gasteiger partial charge in [-0.25, -0.2) is 0 Å². The summed E-state index contributed by atoms with van der Waals surface area (Å²) in [7, 11) is 0. The largest absolute Gasteiger partial charge is 0.417 e. The SMILES string of the molecule is CC(C)[C@]1(C(=O)N2CC=C(c3cncc(C(F)(F)F)c3)CC2)CCC(N)C1. The molecule has 2 aliphatic rings. The van der Waals surface area contributed by atoms with Crippen molar-refractivity contribution in [2.75, 3.05) is 13.1 Å². The summed E-state index contributed by atoms with van der Waals surface area (Å²) in [6, 6.07) is 1.19. The van der Waals surface area contributed by atoms with Gasteiger partial charge < -0.3 is 10.6 Å². The van der Waals surface area contributed by atoms with Crippen LogP contribution in [0.2, 0.25) is 0 Å². The van der Waals surface area contributed by atoms with Gasteiger partial charge in [-0.2, -0.15) is 13.2 Å². The number of amides is 1. The van der Waals surface area contributed by atoms with E-state index in [9.17, 15) is 18.0 Å². The van der Waals surface area contributed by atoms with Crippen molar-refractivity contribution in [1.29, 1.82) is 0 Å². The molecule has 7 heteroatoms. The first kappa shape index (κ1) is 19.9. The highest BCUT2D eigenvalue weighted by Gasteiger charge is 2.48. The van der Waals surface area contributed by atoms with Crippen molar-refractivity contribution >= 4 is 11.5 Å². The van der Waals surface area contributed by atoms with Gasteiger partial charge in [-0.15, -0.1) is 0 Å². The predicted molar refractivity (Wildman–Crippen MR) is 97.5 cm³/mol. The molecule has 4 nitrogen and oxygen atoms in total. The van der Waals surface area contributed by atoms with Gasteiger partial charge in [-0.05, 0) is 48.8 Å². The lowest BCUT2D eigenvalue weighted by Gasteiger charge is -2.38. The predicted octanol–water partition coefficient (Wildman–Crippen LogP) is 3.87. The highest BCUT2D eigenvalue weighted by Crippen LogP contribution is 2.45. The van der Waals surface area contributed by atoms with Crippen molar-refractivity contribution in [3.8, 4) is 0 Å². The second-order valence-electron chi connectivity index (χ2n) is 8.00. The fraction of sp³-hybridized carbons (Fsp3) is 0.600. The van der Waals surface area contributed by atoms with E-state index in [2.05, 4.69) is 18.8 Å². The summed E-state index contributed by atoms with van der Waals surface area (Å²) < 4.78 is 38.7. The summed E-state index contributed by atoms with van der Waals surface area (Å²) in [5, 5.41) is 0. The van der Waals surface area contributed by atoms with Gasteiger partial charge >= 0.3 is 6.18 Å². The molecular formula is C20H26F3N3O. The molecule has 1 aliphatic carbocycles. The van der Waals surface area contributed by atoms with Gasteiger partial charge in [-0.3, -0.25) is 9.78 Å². The maximum atomic E-state index is 13.2. The van der Waals surface area contributed by atoms with E-state index >= 15 is 0 Å². The van der Waals surface area contributed by atoms with E-state index in [1.807, 2.05) is 11.0 Å². The number of hydrogen-bond donors (Lipinski definition) is 1. The number of carbonyl (C=O) groups is 1. The van der Waals surface area contributed by atoms with E-state index in [0.717, 1.165) is 30.7 Å². The van der Waals surface area contributed by atoms with Crippen LogP contribution < -0.4 is 5.73 Å². The number of pyridine rings is 1. The Morgan fingerprint density at radius 2 is 2.11 bits per heavy atom. The van der Waals surface area contributed by atoms with Crippen LogP contribution in [0.3, 0.4) is 0 Å². The zero-order valence-corrected chi connectivity index (χ0v) is 15.7. The van der Waals surface area contributed by atoms with Crippen LogP contribution in [-0.4, -0.2) is 34.9 Å². The third-order valence-corrected chi connectivity index (χ3v) is 6.05. The molecule has 0 aromatic carbocycles. The number of rotatable bonds is 3. The Hall–Kier alpha value is -1.89. The Morgan fingerprint density at radius 3 is 2.63 bits per heavy atom. The topological polar surface area (TPSA) is 59.2 Å². The summed E-state index contributed by atoms with van der Waals surface area (Å²) >= 11 is 0.